The first-order chi connectivity index (χ1) is 8.49. The molecule has 0 saturated carbocycles. The highest BCUT2D eigenvalue weighted by molar-refractivity contribution is 9.11. The number of nitro groups is 1. The lowest BCUT2D eigenvalue weighted by Crippen LogP contribution is -2.02. The van der Waals surface area contributed by atoms with Gasteiger partial charge in [-0.3, -0.25) is 14.9 Å². The van der Waals surface area contributed by atoms with Gasteiger partial charge in [-0.1, -0.05) is 22.5 Å². The van der Waals surface area contributed by atoms with Gasteiger partial charge in [0.05, 0.1) is 23.7 Å². The van der Waals surface area contributed by atoms with Crippen molar-refractivity contribution >= 4 is 27.9 Å². The summed E-state index contributed by atoms with van der Waals surface area (Å²) in [5, 5.41) is 10.8. The predicted octanol–water partition coefficient (Wildman–Crippen LogP) is 2.70. The molecule has 0 N–H and O–H groups in total. The maximum absolute atomic E-state index is 10.8. The number of hydrogen-bond acceptors (Lipinski definition) is 5. The summed E-state index contributed by atoms with van der Waals surface area (Å²) in [5.74, 6) is 0.423. The smallest absolute Gasteiger partial charge is 0.283 e. The van der Waals surface area contributed by atoms with E-state index in [9.17, 15) is 14.9 Å². The minimum atomic E-state index is -0.654. The lowest BCUT2D eigenvalue weighted by Gasteiger charge is -2.10. The molecule has 0 saturated heterocycles. The van der Waals surface area contributed by atoms with E-state index in [1.165, 1.54) is 13.2 Å². The van der Waals surface area contributed by atoms with Crippen molar-refractivity contribution in [1.29, 1.82) is 0 Å². The average molecular weight is 316 g/mol. The van der Waals surface area contributed by atoms with Crippen LogP contribution in [0, 0.1) is 10.1 Å². The van der Waals surface area contributed by atoms with E-state index in [0.717, 1.165) is 6.07 Å². The summed E-state index contributed by atoms with van der Waals surface area (Å²) >= 11 is 3.10. The highest BCUT2D eigenvalue weighted by atomic mass is 79.9. The van der Waals surface area contributed by atoms with Crippen LogP contribution in [0.3, 0.4) is 0 Å². The second-order valence-electron chi connectivity index (χ2n) is 3.24. The van der Waals surface area contributed by atoms with Crippen molar-refractivity contribution in [2.24, 2.45) is 0 Å². The third-order valence-corrected chi connectivity index (χ3v) is 2.25. The highest BCUT2D eigenvalue weighted by Crippen LogP contribution is 2.34. The van der Waals surface area contributed by atoms with Gasteiger partial charge in [-0.2, -0.15) is 0 Å². The Bertz CT molecular complexity index is 500. The van der Waals surface area contributed by atoms with Crippen LogP contribution in [-0.2, 0) is 0 Å². The zero-order valence-corrected chi connectivity index (χ0v) is 11.1. The van der Waals surface area contributed by atoms with Crippen molar-refractivity contribution in [3.63, 3.8) is 0 Å². The molecule has 0 amide bonds. The van der Waals surface area contributed by atoms with E-state index < -0.39 is 4.92 Å². The first kappa shape index (κ1) is 14.2. The molecule has 7 heteroatoms. The standard InChI is InChI=1S/C11H10BrNO5/c1-7(12)6-18-11-4-9(13(15)16)8(5-14)3-10(11)17-2/h3-5H,1,6H2,2H3. The van der Waals surface area contributed by atoms with E-state index in [4.69, 9.17) is 9.47 Å². The normalized spacial score (nSPS) is 9.67. The first-order valence-corrected chi connectivity index (χ1v) is 5.56. The number of hydrogen-bond donors (Lipinski definition) is 0. The molecule has 0 aliphatic heterocycles. The molecule has 1 aromatic carbocycles. The summed E-state index contributed by atoms with van der Waals surface area (Å²) in [6, 6.07) is 2.41. The van der Waals surface area contributed by atoms with Crippen LogP contribution in [0.25, 0.3) is 0 Å². The van der Waals surface area contributed by atoms with Gasteiger partial charge >= 0.3 is 0 Å². The monoisotopic (exact) mass is 315 g/mol. The van der Waals surface area contributed by atoms with Gasteiger partial charge in [-0.25, -0.2) is 0 Å². The quantitative estimate of drug-likeness (QED) is 0.458. The topological polar surface area (TPSA) is 78.7 Å². The van der Waals surface area contributed by atoms with Crippen LogP contribution in [0.5, 0.6) is 11.5 Å². The van der Waals surface area contributed by atoms with Crippen LogP contribution < -0.4 is 9.47 Å². The van der Waals surface area contributed by atoms with Crippen LogP contribution in [0.15, 0.2) is 23.2 Å². The fourth-order valence-electron chi connectivity index (χ4n) is 1.25. The van der Waals surface area contributed by atoms with E-state index >= 15 is 0 Å². The summed E-state index contributed by atoms with van der Waals surface area (Å²) in [5.41, 5.74) is -0.400. The Morgan fingerprint density at radius 1 is 1.56 bits per heavy atom. The lowest BCUT2D eigenvalue weighted by molar-refractivity contribution is -0.385. The number of methoxy groups -OCH3 is 1. The molecule has 0 aromatic heterocycles. The SMILES string of the molecule is C=C(Br)COc1cc([N+](=O)[O-])c(C=O)cc1OC. The molecule has 1 aromatic rings. The maximum atomic E-state index is 10.8. The van der Waals surface area contributed by atoms with Gasteiger partial charge in [0.1, 0.15) is 6.61 Å². The van der Waals surface area contributed by atoms with E-state index in [1.807, 2.05) is 0 Å². The van der Waals surface area contributed by atoms with Gasteiger partial charge in [0, 0.05) is 10.5 Å². The number of benzene rings is 1. The third kappa shape index (κ3) is 3.30. The van der Waals surface area contributed by atoms with Crippen LogP contribution >= 0.6 is 15.9 Å². The minimum absolute atomic E-state index is 0.0677. The van der Waals surface area contributed by atoms with Gasteiger partial charge in [0.15, 0.2) is 17.8 Å². The molecule has 18 heavy (non-hydrogen) atoms. The van der Waals surface area contributed by atoms with Gasteiger partial charge in [-0.15, -0.1) is 0 Å². The van der Waals surface area contributed by atoms with Crippen molar-refractivity contribution in [2.45, 2.75) is 0 Å². The third-order valence-electron chi connectivity index (χ3n) is 2.02. The molecule has 0 aliphatic rings. The fourth-order valence-corrected chi connectivity index (χ4v) is 1.36. The zero-order valence-electron chi connectivity index (χ0n) is 9.51. The lowest BCUT2D eigenvalue weighted by atomic mass is 10.1. The van der Waals surface area contributed by atoms with Crippen LogP contribution in [-0.4, -0.2) is 24.9 Å². The molecular formula is C11H10BrNO5. The summed E-state index contributed by atoms with van der Waals surface area (Å²) < 4.78 is 10.9. The molecule has 0 atom stereocenters. The predicted molar refractivity (Wildman–Crippen MR) is 68.6 cm³/mol. The first-order valence-electron chi connectivity index (χ1n) is 4.77. The Morgan fingerprint density at radius 3 is 2.67 bits per heavy atom. The van der Waals surface area contributed by atoms with Gasteiger partial charge in [0.25, 0.3) is 5.69 Å². The van der Waals surface area contributed by atoms with Crippen molar-refractivity contribution in [1.82, 2.24) is 0 Å². The molecule has 0 unspecified atom stereocenters. The molecule has 0 spiro atoms. The Hall–Kier alpha value is -1.89. The largest absolute Gasteiger partial charge is 0.493 e. The number of rotatable bonds is 6. The van der Waals surface area contributed by atoms with Crippen molar-refractivity contribution < 1.29 is 19.2 Å². The molecule has 0 aliphatic carbocycles. The summed E-state index contributed by atoms with van der Waals surface area (Å²) in [4.78, 5) is 20.9. The molecule has 0 bridgehead atoms. The Kier molecular flexibility index (Phi) is 4.85. The number of halogens is 1. The van der Waals surface area contributed by atoms with Gasteiger partial charge in [-0.05, 0) is 0 Å². The van der Waals surface area contributed by atoms with Crippen LogP contribution in [0.4, 0.5) is 5.69 Å². The number of carbonyl (C=O) groups is 1. The highest BCUT2D eigenvalue weighted by Gasteiger charge is 2.19. The van der Waals surface area contributed by atoms with Crippen molar-refractivity contribution in [3.8, 4) is 11.5 Å². The molecule has 96 valence electrons. The summed E-state index contributed by atoms with van der Waals surface area (Å²) in [7, 11) is 1.38. The minimum Gasteiger partial charge on any atom is -0.493 e. The number of aldehydes is 1. The Balaban J connectivity index is 3.22. The van der Waals surface area contributed by atoms with E-state index in [2.05, 4.69) is 22.5 Å². The van der Waals surface area contributed by atoms with E-state index in [1.54, 1.807) is 0 Å². The second-order valence-corrected chi connectivity index (χ2v) is 4.36. The molecule has 6 nitrogen and oxygen atoms in total. The van der Waals surface area contributed by atoms with E-state index in [-0.39, 0.29) is 29.4 Å². The number of nitro benzene ring substituents is 1. The maximum Gasteiger partial charge on any atom is 0.283 e. The number of nitrogens with zero attached hydrogens (tertiary/aromatic N) is 1. The summed E-state index contributed by atoms with van der Waals surface area (Å²) in [6.07, 6.45) is 0.397. The number of carbonyl (C=O) groups excluding carboxylic acids is 1. The Morgan fingerprint density at radius 2 is 2.22 bits per heavy atom. The number of ether oxygens (including phenoxy) is 2. The van der Waals surface area contributed by atoms with Crippen LogP contribution in [0.1, 0.15) is 10.4 Å². The van der Waals surface area contributed by atoms with Crippen LogP contribution in [0.2, 0.25) is 0 Å². The summed E-state index contributed by atoms with van der Waals surface area (Å²) in [6.45, 7) is 3.71. The average Bonchev–Trinajstić information content (AvgIpc) is 2.34. The molecule has 1 rings (SSSR count). The molecular weight excluding hydrogens is 306 g/mol. The Labute approximate surface area is 111 Å². The molecule has 0 heterocycles. The van der Waals surface area contributed by atoms with Gasteiger partial charge in [0.2, 0.25) is 0 Å². The van der Waals surface area contributed by atoms with E-state index in [0.29, 0.717) is 10.8 Å². The second kappa shape index (κ2) is 6.15. The van der Waals surface area contributed by atoms with Gasteiger partial charge < -0.3 is 9.47 Å². The molecule has 0 radical (unpaired) electrons. The fraction of sp³-hybridized carbons (Fsp3) is 0.182. The molecule has 0 fully saturated rings. The zero-order chi connectivity index (χ0) is 13.7. The van der Waals surface area contributed by atoms with Crippen molar-refractivity contribution in [2.75, 3.05) is 13.7 Å². The van der Waals surface area contributed by atoms with Crippen molar-refractivity contribution in [3.05, 3.63) is 38.9 Å².